The van der Waals surface area contributed by atoms with Gasteiger partial charge in [0.2, 0.25) is 11.8 Å². The van der Waals surface area contributed by atoms with Crippen molar-refractivity contribution in [1.82, 2.24) is 4.90 Å². The van der Waals surface area contributed by atoms with Crippen molar-refractivity contribution in [2.24, 2.45) is 0 Å². The van der Waals surface area contributed by atoms with Crippen LogP contribution in [0.15, 0.2) is 48.5 Å². The van der Waals surface area contributed by atoms with E-state index in [0.717, 1.165) is 22.4 Å². The molecule has 0 saturated carbocycles. The molecule has 0 aromatic heterocycles. The van der Waals surface area contributed by atoms with E-state index >= 15 is 0 Å². The van der Waals surface area contributed by atoms with Crippen LogP contribution in [0, 0.1) is 6.92 Å². The third kappa shape index (κ3) is 3.32. The highest BCUT2D eigenvalue weighted by Gasteiger charge is 2.29. The van der Waals surface area contributed by atoms with Gasteiger partial charge in [-0.15, -0.1) is 0 Å². The summed E-state index contributed by atoms with van der Waals surface area (Å²) in [6.07, 6.45) is 0.384. The van der Waals surface area contributed by atoms with Gasteiger partial charge in [-0.1, -0.05) is 48.0 Å². The Labute approximate surface area is 142 Å². The number of carbonyl (C=O) groups excluding carboxylic acids is 2. The van der Waals surface area contributed by atoms with Crippen LogP contribution in [0.2, 0.25) is 0 Å². The van der Waals surface area contributed by atoms with Gasteiger partial charge in [0, 0.05) is 18.8 Å². The van der Waals surface area contributed by atoms with Crippen LogP contribution in [-0.4, -0.2) is 29.8 Å². The number of anilines is 1. The molecular formula is C20H22N2O2. The zero-order valence-electron chi connectivity index (χ0n) is 14.2. The van der Waals surface area contributed by atoms with Gasteiger partial charge < -0.3 is 9.80 Å². The minimum Gasteiger partial charge on any atom is -0.337 e. The summed E-state index contributed by atoms with van der Waals surface area (Å²) in [4.78, 5) is 28.4. The standard InChI is InChI=1S/C20H22N2O2/c1-3-21(13-16-7-5-4-6-8-16)20(24)14-22-18-10-9-15(2)11-17(18)12-19(22)23/h4-11H,3,12-14H2,1-2H3. The lowest BCUT2D eigenvalue weighted by Gasteiger charge is -2.25. The van der Waals surface area contributed by atoms with Gasteiger partial charge in [0.05, 0.1) is 6.42 Å². The van der Waals surface area contributed by atoms with Crippen molar-refractivity contribution in [2.75, 3.05) is 18.0 Å². The van der Waals surface area contributed by atoms with Crippen molar-refractivity contribution in [3.8, 4) is 0 Å². The van der Waals surface area contributed by atoms with Gasteiger partial charge in [0.25, 0.3) is 0 Å². The summed E-state index contributed by atoms with van der Waals surface area (Å²) in [5.41, 5.74) is 4.11. The highest BCUT2D eigenvalue weighted by atomic mass is 16.2. The molecule has 0 bridgehead atoms. The number of hydrogen-bond donors (Lipinski definition) is 0. The molecular weight excluding hydrogens is 300 g/mol. The lowest BCUT2D eigenvalue weighted by molar-refractivity contribution is -0.131. The summed E-state index contributed by atoms with van der Waals surface area (Å²) in [5, 5.41) is 0. The molecule has 2 aromatic carbocycles. The maximum atomic E-state index is 12.7. The maximum Gasteiger partial charge on any atom is 0.242 e. The number of hydrogen-bond acceptors (Lipinski definition) is 2. The molecule has 1 heterocycles. The van der Waals surface area contributed by atoms with Gasteiger partial charge in [-0.3, -0.25) is 9.59 Å². The quantitative estimate of drug-likeness (QED) is 0.849. The molecule has 4 nitrogen and oxygen atoms in total. The second-order valence-corrected chi connectivity index (χ2v) is 6.18. The highest BCUT2D eigenvalue weighted by Crippen LogP contribution is 2.29. The molecule has 2 aromatic rings. The fraction of sp³-hybridized carbons (Fsp3) is 0.300. The van der Waals surface area contributed by atoms with Crippen molar-refractivity contribution < 1.29 is 9.59 Å². The van der Waals surface area contributed by atoms with Gasteiger partial charge in [0.15, 0.2) is 0 Å². The average Bonchev–Trinajstić information content (AvgIpc) is 2.88. The molecule has 3 rings (SSSR count). The Balaban J connectivity index is 1.73. The number of amides is 2. The third-order valence-electron chi connectivity index (χ3n) is 4.41. The average molecular weight is 322 g/mol. The van der Waals surface area contributed by atoms with Gasteiger partial charge in [-0.25, -0.2) is 0 Å². The molecule has 0 spiro atoms. The first kappa shape index (κ1) is 16.2. The SMILES string of the molecule is CCN(Cc1ccccc1)C(=O)CN1C(=O)Cc2cc(C)ccc21. The Hall–Kier alpha value is -2.62. The molecule has 4 heteroatoms. The molecule has 124 valence electrons. The van der Waals surface area contributed by atoms with Crippen LogP contribution in [0.4, 0.5) is 5.69 Å². The predicted octanol–water partition coefficient (Wildman–Crippen LogP) is 2.93. The number of fused-ring (bicyclic) bond motifs is 1. The molecule has 0 N–H and O–H groups in total. The van der Waals surface area contributed by atoms with Crippen LogP contribution in [-0.2, 0) is 22.6 Å². The Bertz CT molecular complexity index is 755. The Morgan fingerprint density at radius 2 is 1.92 bits per heavy atom. The van der Waals surface area contributed by atoms with E-state index in [0.29, 0.717) is 19.5 Å². The first-order valence-corrected chi connectivity index (χ1v) is 8.30. The molecule has 0 unspecified atom stereocenters. The molecule has 0 atom stereocenters. The third-order valence-corrected chi connectivity index (χ3v) is 4.41. The molecule has 2 amide bonds. The topological polar surface area (TPSA) is 40.6 Å². The second kappa shape index (κ2) is 6.87. The van der Waals surface area contributed by atoms with E-state index in [9.17, 15) is 9.59 Å². The van der Waals surface area contributed by atoms with Crippen LogP contribution in [0.1, 0.15) is 23.6 Å². The molecule has 0 radical (unpaired) electrons. The Morgan fingerprint density at radius 3 is 2.62 bits per heavy atom. The number of carbonyl (C=O) groups is 2. The normalized spacial score (nSPS) is 13.1. The zero-order valence-corrected chi connectivity index (χ0v) is 14.2. The minimum atomic E-state index is -0.0249. The maximum absolute atomic E-state index is 12.7. The molecule has 0 fully saturated rings. The smallest absolute Gasteiger partial charge is 0.242 e. The Kier molecular flexibility index (Phi) is 4.65. The molecule has 0 aliphatic carbocycles. The highest BCUT2D eigenvalue weighted by molar-refractivity contribution is 6.05. The predicted molar refractivity (Wildman–Crippen MR) is 94.8 cm³/mol. The fourth-order valence-corrected chi connectivity index (χ4v) is 3.10. The van der Waals surface area contributed by atoms with E-state index in [1.807, 2.05) is 62.4 Å². The summed E-state index contributed by atoms with van der Waals surface area (Å²) in [7, 11) is 0. The van der Waals surface area contributed by atoms with Crippen molar-refractivity contribution >= 4 is 17.5 Å². The van der Waals surface area contributed by atoms with Crippen molar-refractivity contribution in [1.29, 1.82) is 0 Å². The van der Waals surface area contributed by atoms with Gasteiger partial charge >= 0.3 is 0 Å². The van der Waals surface area contributed by atoms with Gasteiger partial charge in [-0.05, 0) is 31.0 Å². The zero-order chi connectivity index (χ0) is 17.1. The summed E-state index contributed by atoms with van der Waals surface area (Å²) in [6.45, 7) is 5.27. The van der Waals surface area contributed by atoms with Crippen LogP contribution < -0.4 is 4.90 Å². The summed E-state index contributed by atoms with van der Waals surface area (Å²) < 4.78 is 0. The van der Waals surface area contributed by atoms with E-state index in [1.165, 1.54) is 0 Å². The second-order valence-electron chi connectivity index (χ2n) is 6.18. The van der Waals surface area contributed by atoms with Crippen LogP contribution in [0.3, 0.4) is 0 Å². The van der Waals surface area contributed by atoms with E-state index < -0.39 is 0 Å². The number of likely N-dealkylation sites (N-methyl/N-ethyl adjacent to an activating group) is 1. The van der Waals surface area contributed by atoms with E-state index in [-0.39, 0.29) is 18.4 Å². The first-order valence-electron chi connectivity index (χ1n) is 8.30. The molecule has 0 saturated heterocycles. The van der Waals surface area contributed by atoms with Crippen LogP contribution in [0.25, 0.3) is 0 Å². The minimum absolute atomic E-state index is 0.000265. The summed E-state index contributed by atoms with van der Waals surface area (Å²) in [5.74, 6) is -0.0251. The lowest BCUT2D eigenvalue weighted by Crippen LogP contribution is -2.41. The Morgan fingerprint density at radius 1 is 1.17 bits per heavy atom. The van der Waals surface area contributed by atoms with Crippen molar-refractivity contribution in [3.05, 3.63) is 65.2 Å². The number of benzene rings is 2. The molecule has 1 aliphatic heterocycles. The number of nitrogens with zero attached hydrogens (tertiary/aromatic N) is 2. The van der Waals surface area contributed by atoms with Gasteiger partial charge in [0.1, 0.15) is 6.54 Å². The van der Waals surface area contributed by atoms with E-state index in [1.54, 1.807) is 9.80 Å². The lowest BCUT2D eigenvalue weighted by atomic mass is 10.1. The van der Waals surface area contributed by atoms with Crippen molar-refractivity contribution in [2.45, 2.75) is 26.8 Å². The summed E-state index contributed by atoms with van der Waals surface area (Å²) in [6, 6.07) is 15.9. The molecule has 24 heavy (non-hydrogen) atoms. The van der Waals surface area contributed by atoms with E-state index in [2.05, 4.69) is 0 Å². The monoisotopic (exact) mass is 322 g/mol. The van der Waals surface area contributed by atoms with Gasteiger partial charge in [-0.2, -0.15) is 0 Å². The van der Waals surface area contributed by atoms with E-state index in [4.69, 9.17) is 0 Å². The largest absolute Gasteiger partial charge is 0.337 e. The van der Waals surface area contributed by atoms with Crippen LogP contribution >= 0.6 is 0 Å². The fourth-order valence-electron chi connectivity index (χ4n) is 3.10. The number of rotatable bonds is 5. The molecule has 1 aliphatic rings. The first-order chi connectivity index (χ1) is 11.6. The summed E-state index contributed by atoms with van der Waals surface area (Å²) >= 11 is 0. The number of aryl methyl sites for hydroxylation is 1. The van der Waals surface area contributed by atoms with Crippen molar-refractivity contribution in [3.63, 3.8) is 0 Å². The van der Waals surface area contributed by atoms with Crippen LogP contribution in [0.5, 0.6) is 0 Å².